The second-order valence-electron chi connectivity index (χ2n) is 6.32. The first-order chi connectivity index (χ1) is 13.6. The number of aryl methyl sites for hydroxylation is 2. The van der Waals surface area contributed by atoms with Crippen molar-refractivity contribution in [1.29, 1.82) is 0 Å². The number of carbonyl (C=O) groups excluding carboxylic acids is 1. The van der Waals surface area contributed by atoms with E-state index in [4.69, 9.17) is 4.74 Å². The Balaban J connectivity index is 1.40. The van der Waals surface area contributed by atoms with Crippen molar-refractivity contribution in [3.8, 4) is 16.4 Å². The Morgan fingerprint density at radius 1 is 1.14 bits per heavy atom. The Hall–Kier alpha value is -3.32. The van der Waals surface area contributed by atoms with Gasteiger partial charge in [0.1, 0.15) is 11.6 Å². The molecule has 0 unspecified atom stereocenters. The predicted octanol–water partition coefficient (Wildman–Crippen LogP) is 4.36. The fraction of sp³-hybridized carbons (Fsp3) is 0.143. The maximum atomic E-state index is 12.3. The van der Waals surface area contributed by atoms with E-state index in [2.05, 4.69) is 15.1 Å². The van der Waals surface area contributed by atoms with Gasteiger partial charge in [0.25, 0.3) is 0 Å². The summed E-state index contributed by atoms with van der Waals surface area (Å²) in [6.07, 6.45) is 1.73. The van der Waals surface area contributed by atoms with Crippen molar-refractivity contribution in [2.24, 2.45) is 0 Å². The maximum Gasteiger partial charge on any atom is 0.338 e. The molecular weight excluding hydrogens is 372 g/mol. The highest BCUT2D eigenvalue weighted by molar-refractivity contribution is 7.13. The van der Waals surface area contributed by atoms with Crippen LogP contribution in [0.25, 0.3) is 16.4 Å². The van der Waals surface area contributed by atoms with Gasteiger partial charge < -0.3 is 4.74 Å². The Morgan fingerprint density at radius 2 is 1.96 bits per heavy atom. The molecule has 28 heavy (non-hydrogen) atoms. The summed E-state index contributed by atoms with van der Waals surface area (Å²) in [5.41, 5.74) is 4.91. The number of nitrogens with zero attached hydrogens (tertiary/aromatic N) is 4. The van der Waals surface area contributed by atoms with Gasteiger partial charge in [0.2, 0.25) is 0 Å². The van der Waals surface area contributed by atoms with Crippen molar-refractivity contribution in [3.05, 3.63) is 82.8 Å². The highest BCUT2D eigenvalue weighted by Gasteiger charge is 2.11. The SMILES string of the molecule is Cc1cc(C)n(-c2ccc(C(=O)OCc3csc(-c4ccccn4)n3)cc2)n1. The van der Waals surface area contributed by atoms with Crippen LogP contribution in [-0.2, 0) is 11.3 Å². The average Bonchev–Trinajstić information content (AvgIpc) is 3.33. The third kappa shape index (κ3) is 3.84. The normalized spacial score (nSPS) is 10.8. The molecule has 3 aromatic heterocycles. The summed E-state index contributed by atoms with van der Waals surface area (Å²) in [4.78, 5) is 21.1. The molecule has 0 saturated carbocycles. The molecule has 6 nitrogen and oxygen atoms in total. The predicted molar refractivity (Wildman–Crippen MR) is 108 cm³/mol. The lowest BCUT2D eigenvalue weighted by molar-refractivity contribution is 0.0468. The van der Waals surface area contributed by atoms with Gasteiger partial charge in [0, 0.05) is 17.3 Å². The Labute approximate surface area is 166 Å². The minimum Gasteiger partial charge on any atom is -0.456 e. The molecule has 0 amide bonds. The smallest absolute Gasteiger partial charge is 0.338 e. The van der Waals surface area contributed by atoms with E-state index in [9.17, 15) is 4.79 Å². The van der Waals surface area contributed by atoms with Gasteiger partial charge in [-0.1, -0.05) is 6.07 Å². The number of benzene rings is 1. The van der Waals surface area contributed by atoms with Gasteiger partial charge in [-0.05, 0) is 56.3 Å². The summed E-state index contributed by atoms with van der Waals surface area (Å²) in [5, 5.41) is 7.13. The molecule has 0 fully saturated rings. The molecular formula is C21H18N4O2S. The van der Waals surface area contributed by atoms with Crippen molar-refractivity contribution in [2.45, 2.75) is 20.5 Å². The van der Waals surface area contributed by atoms with E-state index < -0.39 is 0 Å². The molecule has 0 spiro atoms. The molecule has 4 rings (SSSR count). The fourth-order valence-corrected chi connectivity index (χ4v) is 3.61. The van der Waals surface area contributed by atoms with Crippen LogP contribution < -0.4 is 0 Å². The third-order valence-corrected chi connectivity index (χ3v) is 5.06. The standard InChI is InChI=1S/C21H18N4O2S/c1-14-11-15(2)25(24-14)18-8-6-16(7-9-18)21(26)27-12-17-13-28-20(23-17)19-5-3-4-10-22-19/h3-11,13H,12H2,1-2H3. The largest absolute Gasteiger partial charge is 0.456 e. The van der Waals surface area contributed by atoms with Crippen molar-refractivity contribution in [2.75, 3.05) is 0 Å². The second-order valence-corrected chi connectivity index (χ2v) is 7.18. The van der Waals surface area contributed by atoms with E-state index in [1.165, 1.54) is 11.3 Å². The summed E-state index contributed by atoms with van der Waals surface area (Å²) >= 11 is 1.48. The molecule has 0 aliphatic heterocycles. The Kier molecular flexibility index (Phi) is 4.99. The third-order valence-electron chi connectivity index (χ3n) is 4.14. The Bertz CT molecular complexity index is 1100. The van der Waals surface area contributed by atoms with E-state index >= 15 is 0 Å². The molecule has 0 atom stereocenters. The topological polar surface area (TPSA) is 69.9 Å². The summed E-state index contributed by atoms with van der Waals surface area (Å²) in [7, 11) is 0. The van der Waals surface area contributed by atoms with Crippen LogP contribution in [0.15, 0.2) is 60.1 Å². The zero-order valence-electron chi connectivity index (χ0n) is 15.5. The van der Waals surface area contributed by atoms with Gasteiger partial charge in [-0.2, -0.15) is 5.10 Å². The lowest BCUT2D eigenvalue weighted by Crippen LogP contribution is -2.06. The first-order valence-electron chi connectivity index (χ1n) is 8.77. The monoisotopic (exact) mass is 390 g/mol. The van der Waals surface area contributed by atoms with Gasteiger partial charge in [-0.15, -0.1) is 11.3 Å². The van der Waals surface area contributed by atoms with Crippen LogP contribution in [-0.4, -0.2) is 25.7 Å². The minimum atomic E-state index is -0.382. The average molecular weight is 390 g/mol. The number of aromatic nitrogens is 4. The van der Waals surface area contributed by atoms with Crippen LogP contribution in [0.1, 0.15) is 27.4 Å². The molecule has 0 bridgehead atoms. The minimum absolute atomic E-state index is 0.126. The molecule has 0 saturated heterocycles. The molecule has 4 aromatic rings. The van der Waals surface area contributed by atoms with Gasteiger partial charge in [-0.25, -0.2) is 14.5 Å². The first kappa shape index (κ1) is 18.1. The van der Waals surface area contributed by atoms with Gasteiger partial charge in [0.05, 0.1) is 28.3 Å². The highest BCUT2D eigenvalue weighted by atomic mass is 32.1. The van der Waals surface area contributed by atoms with Crippen molar-refractivity contribution in [1.82, 2.24) is 19.7 Å². The van der Waals surface area contributed by atoms with Crippen LogP contribution >= 0.6 is 11.3 Å². The number of hydrogen-bond acceptors (Lipinski definition) is 6. The number of rotatable bonds is 5. The molecule has 0 radical (unpaired) electrons. The number of carbonyl (C=O) groups is 1. The van der Waals surface area contributed by atoms with Crippen molar-refractivity contribution in [3.63, 3.8) is 0 Å². The van der Waals surface area contributed by atoms with Gasteiger partial charge >= 0.3 is 5.97 Å². The Morgan fingerprint density at radius 3 is 2.64 bits per heavy atom. The lowest BCUT2D eigenvalue weighted by Gasteiger charge is -2.06. The number of ether oxygens (including phenoxy) is 1. The number of esters is 1. The zero-order valence-corrected chi connectivity index (χ0v) is 16.3. The number of thiazole rings is 1. The molecule has 0 aliphatic carbocycles. The highest BCUT2D eigenvalue weighted by Crippen LogP contribution is 2.22. The number of pyridine rings is 1. The molecule has 140 valence electrons. The fourth-order valence-electron chi connectivity index (χ4n) is 2.83. The summed E-state index contributed by atoms with van der Waals surface area (Å²) < 4.78 is 7.25. The van der Waals surface area contributed by atoms with Gasteiger partial charge in [0.15, 0.2) is 0 Å². The van der Waals surface area contributed by atoms with Crippen LogP contribution in [0.5, 0.6) is 0 Å². The lowest BCUT2D eigenvalue weighted by atomic mass is 10.2. The van der Waals surface area contributed by atoms with E-state index in [-0.39, 0.29) is 12.6 Å². The van der Waals surface area contributed by atoms with E-state index in [0.29, 0.717) is 11.3 Å². The van der Waals surface area contributed by atoms with Gasteiger partial charge in [-0.3, -0.25) is 4.98 Å². The zero-order chi connectivity index (χ0) is 19.5. The summed E-state index contributed by atoms with van der Waals surface area (Å²) in [6.45, 7) is 4.07. The molecule has 0 N–H and O–H groups in total. The van der Waals surface area contributed by atoms with Crippen LogP contribution in [0.3, 0.4) is 0 Å². The molecule has 1 aromatic carbocycles. The van der Waals surface area contributed by atoms with Crippen LogP contribution in [0.4, 0.5) is 0 Å². The second kappa shape index (κ2) is 7.74. The van der Waals surface area contributed by atoms with E-state index in [1.807, 2.05) is 60.3 Å². The van der Waals surface area contributed by atoms with Crippen LogP contribution in [0.2, 0.25) is 0 Å². The maximum absolute atomic E-state index is 12.3. The summed E-state index contributed by atoms with van der Waals surface area (Å²) in [5.74, 6) is -0.382. The van der Waals surface area contributed by atoms with Crippen LogP contribution in [0, 0.1) is 13.8 Å². The van der Waals surface area contributed by atoms with E-state index in [1.54, 1.807) is 18.3 Å². The van der Waals surface area contributed by atoms with Crippen molar-refractivity contribution >= 4 is 17.3 Å². The molecule has 7 heteroatoms. The quantitative estimate of drug-likeness (QED) is 0.474. The summed E-state index contributed by atoms with van der Waals surface area (Å²) in [6, 6.07) is 14.9. The first-order valence-corrected chi connectivity index (χ1v) is 9.65. The number of hydrogen-bond donors (Lipinski definition) is 0. The molecule has 3 heterocycles. The van der Waals surface area contributed by atoms with Crippen molar-refractivity contribution < 1.29 is 9.53 Å². The van der Waals surface area contributed by atoms with E-state index in [0.717, 1.165) is 27.8 Å². The molecule has 0 aliphatic rings.